The zero-order valence-electron chi connectivity index (χ0n) is 19.3. The van der Waals surface area contributed by atoms with Crippen LogP contribution in [0.1, 0.15) is 5.56 Å². The Labute approximate surface area is 201 Å². The van der Waals surface area contributed by atoms with E-state index in [1.165, 1.54) is 11.7 Å². The molecule has 1 aliphatic rings. The molecule has 1 fully saturated rings. The van der Waals surface area contributed by atoms with Gasteiger partial charge in [0.05, 0.1) is 13.2 Å². The first-order chi connectivity index (χ1) is 16.7. The molecule has 35 heavy (non-hydrogen) atoms. The molecule has 6 atom stereocenters. The van der Waals surface area contributed by atoms with Gasteiger partial charge in [0.25, 0.3) is 5.56 Å². The van der Waals surface area contributed by atoms with Crippen molar-refractivity contribution in [3.63, 3.8) is 0 Å². The standard InChI is InChI=1S/C25H29NO9/c1-13-9-15(5-6-18(13)34-25-23(31)22(30)21(29)19(12-27)35-25)16-4-3-14-7-8-26(11-20(28)33-2)24(32)17(14)10-16/h3-10,19-23,25,27-31H,11-12H2,1-2H3. The Morgan fingerprint density at radius 2 is 1.74 bits per heavy atom. The van der Waals surface area contributed by atoms with E-state index in [0.717, 1.165) is 16.5 Å². The predicted molar refractivity (Wildman–Crippen MR) is 126 cm³/mol. The lowest BCUT2D eigenvalue weighted by Crippen LogP contribution is -2.60. The van der Waals surface area contributed by atoms with Crippen LogP contribution in [0.2, 0.25) is 0 Å². The fourth-order valence-corrected chi connectivity index (χ4v) is 4.10. The van der Waals surface area contributed by atoms with Crippen LogP contribution >= 0.6 is 0 Å². The number of hydrogen-bond donors (Lipinski definition) is 5. The van der Waals surface area contributed by atoms with Gasteiger partial charge in [0, 0.05) is 18.7 Å². The van der Waals surface area contributed by atoms with Crippen molar-refractivity contribution in [2.45, 2.75) is 50.5 Å². The molecule has 4 rings (SSSR count). The maximum absolute atomic E-state index is 12.9. The van der Waals surface area contributed by atoms with Crippen molar-refractivity contribution in [1.29, 1.82) is 0 Å². The van der Waals surface area contributed by atoms with Gasteiger partial charge in [0.15, 0.2) is 6.29 Å². The Balaban J connectivity index is 1.60. The van der Waals surface area contributed by atoms with Crippen molar-refractivity contribution in [2.24, 2.45) is 0 Å². The smallest absolute Gasteiger partial charge is 0.258 e. The molecule has 2 aromatic carbocycles. The van der Waals surface area contributed by atoms with Gasteiger partial charge >= 0.3 is 0 Å². The Bertz CT molecular complexity index is 1240. The second-order valence-electron chi connectivity index (χ2n) is 8.56. The zero-order chi connectivity index (χ0) is 25.3. The monoisotopic (exact) mass is 487 g/mol. The number of aliphatic hydroxyl groups excluding tert-OH is 5. The van der Waals surface area contributed by atoms with Gasteiger partial charge < -0.3 is 44.3 Å². The molecule has 0 amide bonds. The van der Waals surface area contributed by atoms with Crippen LogP contribution in [-0.4, -0.2) is 80.8 Å². The molecule has 0 spiro atoms. The van der Waals surface area contributed by atoms with Crippen LogP contribution in [0.4, 0.5) is 0 Å². The van der Waals surface area contributed by atoms with Crippen molar-refractivity contribution >= 4 is 10.8 Å². The molecule has 1 saturated heterocycles. The molecule has 3 aromatic rings. The van der Waals surface area contributed by atoms with Gasteiger partial charge in [-0.05, 0) is 53.3 Å². The van der Waals surface area contributed by atoms with E-state index in [1.807, 2.05) is 18.2 Å². The molecular formula is C25H29NO9. The first-order valence-corrected chi connectivity index (χ1v) is 11.2. The van der Waals surface area contributed by atoms with Crippen molar-refractivity contribution in [3.05, 3.63) is 64.6 Å². The molecule has 2 heterocycles. The van der Waals surface area contributed by atoms with E-state index in [1.54, 1.807) is 37.4 Å². The van der Waals surface area contributed by atoms with Crippen molar-refractivity contribution in [1.82, 2.24) is 4.57 Å². The van der Waals surface area contributed by atoms with Crippen LogP contribution in [0.5, 0.6) is 5.75 Å². The highest BCUT2D eigenvalue weighted by molar-refractivity contribution is 5.86. The molecule has 10 nitrogen and oxygen atoms in total. The summed E-state index contributed by atoms with van der Waals surface area (Å²) in [6, 6.07) is 12.6. The van der Waals surface area contributed by atoms with E-state index in [9.17, 15) is 30.3 Å². The summed E-state index contributed by atoms with van der Waals surface area (Å²) in [5, 5.41) is 50.5. The third kappa shape index (κ3) is 5.09. The SMILES string of the molecule is COC(O)Cn1ccc2ccc(-c3ccc(OC4OC(CO)C(O)C(O)C4O)c(C)c3)cc2c1=O. The van der Waals surface area contributed by atoms with E-state index in [-0.39, 0.29) is 12.1 Å². The third-order valence-corrected chi connectivity index (χ3v) is 6.20. The van der Waals surface area contributed by atoms with Crippen molar-refractivity contribution in [2.75, 3.05) is 13.7 Å². The summed E-state index contributed by atoms with van der Waals surface area (Å²) >= 11 is 0. The number of methoxy groups -OCH3 is 1. The molecule has 0 radical (unpaired) electrons. The number of ether oxygens (including phenoxy) is 3. The molecule has 6 unspecified atom stereocenters. The highest BCUT2D eigenvalue weighted by atomic mass is 16.7. The fraction of sp³-hybridized carbons (Fsp3) is 0.400. The minimum Gasteiger partial charge on any atom is -0.462 e. The number of nitrogens with zero attached hydrogens (tertiary/aromatic N) is 1. The Morgan fingerprint density at radius 1 is 1.03 bits per heavy atom. The van der Waals surface area contributed by atoms with E-state index >= 15 is 0 Å². The molecular weight excluding hydrogens is 458 g/mol. The predicted octanol–water partition coefficient (Wildman–Crippen LogP) is 0.120. The topological polar surface area (TPSA) is 151 Å². The van der Waals surface area contributed by atoms with E-state index in [4.69, 9.17) is 14.2 Å². The molecule has 0 bridgehead atoms. The molecule has 0 saturated carbocycles. The maximum Gasteiger partial charge on any atom is 0.258 e. The van der Waals surface area contributed by atoms with Crippen LogP contribution in [0.15, 0.2) is 53.5 Å². The number of hydrogen-bond acceptors (Lipinski definition) is 9. The molecule has 5 N–H and O–H groups in total. The summed E-state index contributed by atoms with van der Waals surface area (Å²) in [6.45, 7) is 1.26. The average Bonchev–Trinajstić information content (AvgIpc) is 2.86. The number of benzene rings is 2. The quantitative estimate of drug-likeness (QED) is 0.293. The van der Waals surface area contributed by atoms with E-state index in [0.29, 0.717) is 16.7 Å². The Kier molecular flexibility index (Phi) is 7.53. The van der Waals surface area contributed by atoms with Crippen LogP contribution in [0, 0.1) is 6.92 Å². The van der Waals surface area contributed by atoms with Gasteiger partial charge in [-0.3, -0.25) is 4.79 Å². The highest BCUT2D eigenvalue weighted by Crippen LogP contribution is 2.30. The lowest BCUT2D eigenvalue weighted by atomic mass is 9.99. The van der Waals surface area contributed by atoms with Crippen LogP contribution < -0.4 is 10.3 Å². The first-order valence-electron chi connectivity index (χ1n) is 11.2. The van der Waals surface area contributed by atoms with E-state index < -0.39 is 43.6 Å². The van der Waals surface area contributed by atoms with Gasteiger partial charge in [-0.1, -0.05) is 18.2 Å². The second kappa shape index (κ2) is 10.4. The van der Waals surface area contributed by atoms with Crippen LogP contribution in [0.25, 0.3) is 21.9 Å². The lowest BCUT2D eigenvalue weighted by Gasteiger charge is -2.39. The van der Waals surface area contributed by atoms with Gasteiger partial charge in [-0.2, -0.15) is 0 Å². The van der Waals surface area contributed by atoms with Crippen molar-refractivity contribution in [3.8, 4) is 16.9 Å². The number of rotatable bonds is 7. The average molecular weight is 488 g/mol. The number of fused-ring (bicyclic) bond motifs is 1. The van der Waals surface area contributed by atoms with Crippen molar-refractivity contribution < 1.29 is 39.7 Å². The molecule has 188 valence electrons. The van der Waals surface area contributed by atoms with E-state index in [2.05, 4.69) is 0 Å². The largest absolute Gasteiger partial charge is 0.462 e. The van der Waals surface area contributed by atoms with Crippen LogP contribution in [0.3, 0.4) is 0 Å². The maximum atomic E-state index is 12.9. The molecule has 1 aliphatic heterocycles. The summed E-state index contributed by atoms with van der Waals surface area (Å²) in [6.07, 6.45) is -6.33. The summed E-state index contributed by atoms with van der Waals surface area (Å²) in [7, 11) is 1.36. The molecule has 0 aliphatic carbocycles. The first kappa shape index (κ1) is 25.3. The minimum atomic E-state index is -1.53. The number of pyridine rings is 1. The minimum absolute atomic E-state index is 0.0125. The van der Waals surface area contributed by atoms with Gasteiger partial charge in [-0.15, -0.1) is 0 Å². The normalized spacial score (nSPS) is 25.5. The zero-order valence-corrected chi connectivity index (χ0v) is 19.3. The number of aryl methyl sites for hydroxylation is 1. The number of aliphatic hydroxyl groups is 5. The summed E-state index contributed by atoms with van der Waals surface area (Å²) in [5.74, 6) is 0.384. The summed E-state index contributed by atoms with van der Waals surface area (Å²) < 4.78 is 17.4. The highest BCUT2D eigenvalue weighted by Gasteiger charge is 2.44. The van der Waals surface area contributed by atoms with Gasteiger partial charge in [0.2, 0.25) is 6.29 Å². The second-order valence-corrected chi connectivity index (χ2v) is 8.56. The molecule has 10 heteroatoms. The Morgan fingerprint density at radius 3 is 2.43 bits per heavy atom. The molecule has 1 aromatic heterocycles. The summed E-state index contributed by atoms with van der Waals surface area (Å²) in [5.41, 5.74) is 2.06. The Hall–Kier alpha value is -2.83. The summed E-state index contributed by atoms with van der Waals surface area (Å²) in [4.78, 5) is 12.9. The third-order valence-electron chi connectivity index (χ3n) is 6.20. The van der Waals surface area contributed by atoms with Gasteiger partial charge in [0.1, 0.15) is 30.2 Å². The van der Waals surface area contributed by atoms with Gasteiger partial charge in [-0.25, -0.2) is 0 Å². The fourth-order valence-electron chi connectivity index (χ4n) is 4.10. The van der Waals surface area contributed by atoms with Crippen LogP contribution in [-0.2, 0) is 16.0 Å². The number of aromatic nitrogens is 1. The lowest BCUT2D eigenvalue weighted by molar-refractivity contribution is -0.277.